The number of carbonyl (C=O) groups is 2. The van der Waals surface area contributed by atoms with E-state index in [1.165, 1.54) is 12.6 Å². The SMILES string of the molecule is CNC(=O)COCC(=O)Nc1ccc(C(C)C)cc1. The Morgan fingerprint density at radius 3 is 2.21 bits per heavy atom. The molecule has 19 heavy (non-hydrogen) atoms. The number of carbonyl (C=O) groups excluding carboxylic acids is 2. The molecule has 0 bridgehead atoms. The first-order valence-electron chi connectivity index (χ1n) is 6.21. The first-order valence-corrected chi connectivity index (χ1v) is 6.21. The molecule has 2 amide bonds. The topological polar surface area (TPSA) is 67.4 Å². The minimum absolute atomic E-state index is 0.115. The van der Waals surface area contributed by atoms with Crippen LogP contribution in [-0.2, 0) is 14.3 Å². The molecule has 5 nitrogen and oxygen atoms in total. The maximum atomic E-state index is 11.5. The Morgan fingerprint density at radius 1 is 1.11 bits per heavy atom. The molecule has 0 aliphatic rings. The first kappa shape index (κ1) is 15.2. The van der Waals surface area contributed by atoms with E-state index in [2.05, 4.69) is 24.5 Å². The summed E-state index contributed by atoms with van der Waals surface area (Å²) in [7, 11) is 1.52. The summed E-state index contributed by atoms with van der Waals surface area (Å²) in [5, 5.41) is 5.11. The summed E-state index contributed by atoms with van der Waals surface area (Å²) in [6, 6.07) is 7.66. The van der Waals surface area contributed by atoms with Gasteiger partial charge in [-0.3, -0.25) is 9.59 Å². The predicted molar refractivity (Wildman–Crippen MR) is 74.0 cm³/mol. The molecule has 1 rings (SSSR count). The van der Waals surface area contributed by atoms with Crippen molar-refractivity contribution in [3.05, 3.63) is 29.8 Å². The fraction of sp³-hybridized carbons (Fsp3) is 0.429. The van der Waals surface area contributed by atoms with E-state index in [9.17, 15) is 9.59 Å². The lowest BCUT2D eigenvalue weighted by molar-refractivity contribution is -0.128. The van der Waals surface area contributed by atoms with Crippen LogP contribution in [0.2, 0.25) is 0 Å². The molecule has 5 heteroatoms. The number of benzene rings is 1. The van der Waals surface area contributed by atoms with E-state index in [4.69, 9.17) is 4.74 Å². The molecule has 0 fully saturated rings. The average molecular weight is 264 g/mol. The third kappa shape index (κ3) is 5.52. The fourth-order valence-electron chi connectivity index (χ4n) is 1.46. The van der Waals surface area contributed by atoms with Gasteiger partial charge >= 0.3 is 0 Å². The first-order chi connectivity index (χ1) is 9.02. The van der Waals surface area contributed by atoms with Gasteiger partial charge in [-0.05, 0) is 23.6 Å². The molecule has 1 aromatic carbocycles. The molecule has 0 aromatic heterocycles. The van der Waals surface area contributed by atoms with Crippen LogP contribution in [0.15, 0.2) is 24.3 Å². The smallest absolute Gasteiger partial charge is 0.250 e. The monoisotopic (exact) mass is 264 g/mol. The molecule has 0 saturated carbocycles. The van der Waals surface area contributed by atoms with Crippen molar-refractivity contribution in [1.29, 1.82) is 0 Å². The van der Waals surface area contributed by atoms with Crippen LogP contribution in [-0.4, -0.2) is 32.1 Å². The molecule has 0 aliphatic heterocycles. The molecule has 0 spiro atoms. The average Bonchev–Trinajstić information content (AvgIpc) is 2.39. The van der Waals surface area contributed by atoms with Gasteiger partial charge in [0, 0.05) is 12.7 Å². The summed E-state index contributed by atoms with van der Waals surface area (Å²) in [6.07, 6.45) is 0. The molecular weight excluding hydrogens is 244 g/mol. The Hall–Kier alpha value is -1.88. The van der Waals surface area contributed by atoms with Crippen LogP contribution in [0, 0.1) is 0 Å². The maximum Gasteiger partial charge on any atom is 0.250 e. The molecule has 1 aromatic rings. The summed E-state index contributed by atoms with van der Waals surface area (Å²) < 4.78 is 4.96. The summed E-state index contributed by atoms with van der Waals surface area (Å²) in [6.45, 7) is 3.97. The molecule has 0 aliphatic carbocycles. The number of amides is 2. The van der Waals surface area contributed by atoms with Gasteiger partial charge in [0.15, 0.2) is 0 Å². The largest absolute Gasteiger partial charge is 0.362 e. The van der Waals surface area contributed by atoms with Gasteiger partial charge in [0.05, 0.1) is 0 Å². The second-order valence-corrected chi connectivity index (χ2v) is 4.49. The van der Waals surface area contributed by atoms with Gasteiger partial charge < -0.3 is 15.4 Å². The summed E-state index contributed by atoms with van der Waals surface area (Å²) in [4.78, 5) is 22.4. The Bertz CT molecular complexity index is 427. The molecule has 0 unspecified atom stereocenters. The summed E-state index contributed by atoms with van der Waals surface area (Å²) >= 11 is 0. The standard InChI is InChI=1S/C14H20N2O3/c1-10(2)11-4-6-12(7-5-11)16-14(18)9-19-8-13(17)15-3/h4-7,10H,8-9H2,1-3H3,(H,15,17)(H,16,18). The van der Waals surface area contributed by atoms with Gasteiger partial charge in [-0.15, -0.1) is 0 Å². The Balaban J connectivity index is 2.38. The summed E-state index contributed by atoms with van der Waals surface area (Å²) in [5.41, 5.74) is 1.94. The minimum atomic E-state index is -0.277. The lowest BCUT2D eigenvalue weighted by Crippen LogP contribution is -2.26. The van der Waals surface area contributed by atoms with Crippen molar-refractivity contribution in [2.45, 2.75) is 19.8 Å². The van der Waals surface area contributed by atoms with E-state index < -0.39 is 0 Å². The molecule has 0 atom stereocenters. The molecule has 2 N–H and O–H groups in total. The fourth-order valence-corrected chi connectivity index (χ4v) is 1.46. The lowest BCUT2D eigenvalue weighted by atomic mass is 10.0. The number of hydrogen-bond acceptors (Lipinski definition) is 3. The van der Waals surface area contributed by atoms with E-state index in [1.807, 2.05) is 24.3 Å². The van der Waals surface area contributed by atoms with Crippen LogP contribution in [0.4, 0.5) is 5.69 Å². The van der Waals surface area contributed by atoms with Crippen molar-refractivity contribution < 1.29 is 14.3 Å². The van der Waals surface area contributed by atoms with Crippen LogP contribution in [0.25, 0.3) is 0 Å². The van der Waals surface area contributed by atoms with E-state index in [0.29, 0.717) is 5.92 Å². The highest BCUT2D eigenvalue weighted by Crippen LogP contribution is 2.16. The Labute approximate surface area is 113 Å². The Kier molecular flexibility index (Phi) is 6.02. The van der Waals surface area contributed by atoms with E-state index in [1.54, 1.807) is 0 Å². The lowest BCUT2D eigenvalue weighted by Gasteiger charge is -2.08. The van der Waals surface area contributed by atoms with E-state index >= 15 is 0 Å². The van der Waals surface area contributed by atoms with Crippen LogP contribution in [0.5, 0.6) is 0 Å². The van der Waals surface area contributed by atoms with Crippen LogP contribution in [0.1, 0.15) is 25.3 Å². The van der Waals surface area contributed by atoms with Gasteiger partial charge in [-0.2, -0.15) is 0 Å². The van der Waals surface area contributed by atoms with E-state index in [-0.39, 0.29) is 25.0 Å². The minimum Gasteiger partial charge on any atom is -0.362 e. The zero-order valence-electron chi connectivity index (χ0n) is 11.5. The quantitative estimate of drug-likeness (QED) is 0.818. The third-order valence-corrected chi connectivity index (χ3v) is 2.61. The van der Waals surface area contributed by atoms with Gasteiger partial charge in [0.1, 0.15) is 13.2 Å². The number of rotatable bonds is 6. The van der Waals surface area contributed by atoms with Crippen molar-refractivity contribution in [1.82, 2.24) is 5.32 Å². The second kappa shape index (κ2) is 7.53. The second-order valence-electron chi connectivity index (χ2n) is 4.49. The van der Waals surface area contributed by atoms with Crippen LogP contribution in [0.3, 0.4) is 0 Å². The van der Waals surface area contributed by atoms with Gasteiger partial charge in [0.2, 0.25) is 11.8 Å². The molecule has 0 saturated heterocycles. The number of hydrogen-bond donors (Lipinski definition) is 2. The highest BCUT2D eigenvalue weighted by Gasteiger charge is 2.05. The van der Waals surface area contributed by atoms with Crippen LogP contribution >= 0.6 is 0 Å². The van der Waals surface area contributed by atoms with Crippen molar-refractivity contribution in [3.63, 3.8) is 0 Å². The number of ether oxygens (including phenoxy) is 1. The molecule has 104 valence electrons. The third-order valence-electron chi connectivity index (χ3n) is 2.61. The number of likely N-dealkylation sites (N-methyl/N-ethyl adjacent to an activating group) is 1. The predicted octanol–water partition coefficient (Wildman–Crippen LogP) is 1.51. The van der Waals surface area contributed by atoms with Gasteiger partial charge in [-0.1, -0.05) is 26.0 Å². The molecular formula is C14H20N2O3. The molecule has 0 radical (unpaired) electrons. The highest BCUT2D eigenvalue weighted by molar-refractivity contribution is 5.91. The maximum absolute atomic E-state index is 11.5. The van der Waals surface area contributed by atoms with Crippen molar-refractivity contribution in [3.8, 4) is 0 Å². The van der Waals surface area contributed by atoms with Crippen molar-refractivity contribution >= 4 is 17.5 Å². The molecule has 0 heterocycles. The van der Waals surface area contributed by atoms with Crippen molar-refractivity contribution in [2.24, 2.45) is 0 Å². The normalized spacial score (nSPS) is 10.3. The van der Waals surface area contributed by atoms with Crippen LogP contribution < -0.4 is 10.6 Å². The van der Waals surface area contributed by atoms with Crippen molar-refractivity contribution in [2.75, 3.05) is 25.6 Å². The summed E-state index contributed by atoms with van der Waals surface area (Å²) in [5.74, 6) is -0.0732. The zero-order chi connectivity index (χ0) is 14.3. The highest BCUT2D eigenvalue weighted by atomic mass is 16.5. The van der Waals surface area contributed by atoms with Gasteiger partial charge in [0.25, 0.3) is 0 Å². The zero-order valence-corrected chi connectivity index (χ0v) is 11.5. The van der Waals surface area contributed by atoms with E-state index in [0.717, 1.165) is 5.69 Å². The number of nitrogens with one attached hydrogen (secondary N) is 2. The Morgan fingerprint density at radius 2 is 1.68 bits per heavy atom. The van der Waals surface area contributed by atoms with Gasteiger partial charge in [-0.25, -0.2) is 0 Å². The number of anilines is 1.